The molecule has 0 unspecified atom stereocenters. The molecule has 0 atom stereocenters. The van der Waals surface area contributed by atoms with Crippen LogP contribution < -0.4 is 0 Å². The molecule has 2 aromatic rings. The van der Waals surface area contributed by atoms with E-state index in [2.05, 4.69) is 9.97 Å². The van der Waals surface area contributed by atoms with E-state index in [1.807, 2.05) is 9.80 Å². The van der Waals surface area contributed by atoms with E-state index >= 15 is 0 Å². The molecule has 2 aliphatic heterocycles. The first-order chi connectivity index (χ1) is 13.7. The van der Waals surface area contributed by atoms with Gasteiger partial charge in [-0.25, -0.2) is 0 Å². The molecule has 4 heterocycles. The van der Waals surface area contributed by atoms with Gasteiger partial charge in [-0.2, -0.15) is 0 Å². The number of likely N-dealkylation sites (tertiary alicyclic amines) is 2. The molecule has 0 radical (unpaired) electrons. The van der Waals surface area contributed by atoms with Crippen LogP contribution >= 0.6 is 0 Å². The summed E-state index contributed by atoms with van der Waals surface area (Å²) in [4.78, 5) is 38.2. The van der Waals surface area contributed by atoms with E-state index in [1.165, 1.54) is 12.8 Å². The lowest BCUT2D eigenvalue weighted by Gasteiger charge is -2.27. The number of hydrogen-bond donors (Lipinski definition) is 0. The van der Waals surface area contributed by atoms with E-state index in [9.17, 15) is 9.59 Å². The molecule has 2 amide bonds. The molecular formula is C22H26N4O2. The summed E-state index contributed by atoms with van der Waals surface area (Å²) in [6.07, 6.45) is 9.91. The van der Waals surface area contributed by atoms with Gasteiger partial charge in [-0.05, 0) is 62.8 Å². The summed E-state index contributed by atoms with van der Waals surface area (Å²) in [6.45, 7) is 3.26. The molecule has 6 heteroatoms. The van der Waals surface area contributed by atoms with Crippen molar-refractivity contribution in [1.29, 1.82) is 0 Å². The second-order valence-corrected chi connectivity index (χ2v) is 7.57. The molecule has 0 aliphatic carbocycles. The Bertz CT molecular complexity index is 784. The summed E-state index contributed by atoms with van der Waals surface area (Å²) in [6, 6.07) is 7.08. The summed E-state index contributed by atoms with van der Waals surface area (Å²) in [5.74, 6) is 0.0906. The van der Waals surface area contributed by atoms with Crippen molar-refractivity contribution in [2.75, 3.05) is 26.2 Å². The van der Waals surface area contributed by atoms with Crippen LogP contribution in [0.4, 0.5) is 0 Å². The smallest absolute Gasteiger partial charge is 0.253 e. The lowest BCUT2D eigenvalue weighted by Crippen LogP contribution is -2.35. The van der Waals surface area contributed by atoms with Crippen molar-refractivity contribution in [3.63, 3.8) is 0 Å². The molecule has 0 N–H and O–H groups in total. The molecule has 2 aliphatic rings. The van der Waals surface area contributed by atoms with Crippen molar-refractivity contribution in [2.45, 2.75) is 38.5 Å². The summed E-state index contributed by atoms with van der Waals surface area (Å²) in [5, 5.41) is 0. The van der Waals surface area contributed by atoms with E-state index in [-0.39, 0.29) is 11.8 Å². The Balaban J connectivity index is 1.55. The third-order valence-corrected chi connectivity index (χ3v) is 5.56. The Kier molecular flexibility index (Phi) is 5.65. The SMILES string of the molecule is O=C(c1ccnc(-c2cc(C(=O)N3CCCCC3)ccn2)c1)N1CCCCC1. The Hall–Kier alpha value is -2.76. The zero-order valence-corrected chi connectivity index (χ0v) is 16.1. The number of aromatic nitrogens is 2. The number of pyridine rings is 2. The van der Waals surface area contributed by atoms with Crippen molar-refractivity contribution < 1.29 is 9.59 Å². The molecule has 28 heavy (non-hydrogen) atoms. The average molecular weight is 378 g/mol. The summed E-state index contributed by atoms with van der Waals surface area (Å²) in [5.41, 5.74) is 2.50. The number of carbonyl (C=O) groups is 2. The predicted octanol–water partition coefficient (Wildman–Crippen LogP) is 3.40. The number of rotatable bonds is 3. The minimum Gasteiger partial charge on any atom is -0.339 e. The van der Waals surface area contributed by atoms with Gasteiger partial charge in [-0.1, -0.05) is 0 Å². The van der Waals surface area contributed by atoms with Crippen LogP contribution in [-0.2, 0) is 0 Å². The fraction of sp³-hybridized carbons (Fsp3) is 0.455. The Morgan fingerprint density at radius 2 is 1.04 bits per heavy atom. The van der Waals surface area contributed by atoms with E-state index in [0.29, 0.717) is 22.5 Å². The molecule has 0 aromatic carbocycles. The number of nitrogens with zero attached hydrogens (tertiary/aromatic N) is 4. The average Bonchev–Trinajstić information content (AvgIpc) is 2.79. The maximum absolute atomic E-state index is 12.8. The lowest BCUT2D eigenvalue weighted by atomic mass is 10.1. The van der Waals surface area contributed by atoms with Gasteiger partial charge in [0.05, 0.1) is 11.4 Å². The number of hydrogen-bond acceptors (Lipinski definition) is 4. The number of amides is 2. The van der Waals surface area contributed by atoms with E-state index in [4.69, 9.17) is 0 Å². The molecule has 2 fully saturated rings. The van der Waals surface area contributed by atoms with E-state index < -0.39 is 0 Å². The molecule has 4 rings (SSSR count). The standard InChI is InChI=1S/C22H26N4O2/c27-21(25-11-3-1-4-12-25)17-7-9-23-19(15-17)20-16-18(8-10-24-20)22(28)26-13-5-2-6-14-26/h7-10,15-16H,1-6,11-14H2. The lowest BCUT2D eigenvalue weighted by molar-refractivity contribution is 0.0716. The highest BCUT2D eigenvalue weighted by atomic mass is 16.2. The highest BCUT2D eigenvalue weighted by Crippen LogP contribution is 2.21. The highest BCUT2D eigenvalue weighted by molar-refractivity contribution is 5.96. The maximum Gasteiger partial charge on any atom is 0.253 e. The van der Waals surface area contributed by atoms with Crippen molar-refractivity contribution >= 4 is 11.8 Å². The molecule has 0 bridgehead atoms. The van der Waals surface area contributed by atoms with E-state index in [1.54, 1.807) is 36.7 Å². The quantitative estimate of drug-likeness (QED) is 0.821. The van der Waals surface area contributed by atoms with Crippen LogP contribution in [0.25, 0.3) is 11.4 Å². The fourth-order valence-corrected chi connectivity index (χ4v) is 3.97. The zero-order chi connectivity index (χ0) is 19.3. The molecular weight excluding hydrogens is 352 g/mol. The Labute approximate surface area is 165 Å². The maximum atomic E-state index is 12.8. The van der Waals surface area contributed by atoms with Gasteiger partial charge >= 0.3 is 0 Å². The van der Waals surface area contributed by atoms with Gasteiger partial charge in [0.25, 0.3) is 11.8 Å². The van der Waals surface area contributed by atoms with Crippen LogP contribution in [0.5, 0.6) is 0 Å². The van der Waals surface area contributed by atoms with Gasteiger partial charge in [0.2, 0.25) is 0 Å². The topological polar surface area (TPSA) is 66.4 Å². The minimum absolute atomic E-state index is 0.0453. The highest BCUT2D eigenvalue weighted by Gasteiger charge is 2.21. The van der Waals surface area contributed by atoms with Gasteiger partial charge in [-0.3, -0.25) is 19.6 Å². The third kappa shape index (κ3) is 4.06. The summed E-state index contributed by atoms with van der Waals surface area (Å²) < 4.78 is 0. The van der Waals surface area contributed by atoms with Crippen LogP contribution in [-0.4, -0.2) is 57.8 Å². The van der Waals surface area contributed by atoms with Crippen molar-refractivity contribution in [3.8, 4) is 11.4 Å². The largest absolute Gasteiger partial charge is 0.339 e. The van der Waals surface area contributed by atoms with Gasteiger partial charge in [0.1, 0.15) is 0 Å². The molecule has 0 saturated carbocycles. The normalized spacial score (nSPS) is 17.4. The second-order valence-electron chi connectivity index (χ2n) is 7.57. The third-order valence-electron chi connectivity index (χ3n) is 5.56. The molecule has 2 aromatic heterocycles. The van der Waals surface area contributed by atoms with Crippen molar-refractivity contribution in [1.82, 2.24) is 19.8 Å². The first-order valence-electron chi connectivity index (χ1n) is 10.2. The van der Waals surface area contributed by atoms with Crippen molar-refractivity contribution in [2.24, 2.45) is 0 Å². The molecule has 6 nitrogen and oxygen atoms in total. The van der Waals surface area contributed by atoms with Gasteiger partial charge in [0.15, 0.2) is 0 Å². The first-order valence-corrected chi connectivity index (χ1v) is 10.2. The predicted molar refractivity (Wildman–Crippen MR) is 107 cm³/mol. The number of carbonyl (C=O) groups excluding carboxylic acids is 2. The number of piperidine rings is 2. The van der Waals surface area contributed by atoms with Gasteiger partial charge in [0, 0.05) is 49.7 Å². The van der Waals surface area contributed by atoms with Crippen LogP contribution in [0.3, 0.4) is 0 Å². The van der Waals surface area contributed by atoms with Crippen LogP contribution in [0.15, 0.2) is 36.7 Å². The van der Waals surface area contributed by atoms with Crippen LogP contribution in [0.2, 0.25) is 0 Å². The zero-order valence-electron chi connectivity index (χ0n) is 16.1. The summed E-state index contributed by atoms with van der Waals surface area (Å²) in [7, 11) is 0. The van der Waals surface area contributed by atoms with Crippen LogP contribution in [0, 0.1) is 0 Å². The second kappa shape index (κ2) is 8.50. The minimum atomic E-state index is 0.0453. The summed E-state index contributed by atoms with van der Waals surface area (Å²) >= 11 is 0. The molecule has 146 valence electrons. The first kappa shape index (κ1) is 18.6. The fourth-order valence-electron chi connectivity index (χ4n) is 3.97. The van der Waals surface area contributed by atoms with Crippen LogP contribution in [0.1, 0.15) is 59.2 Å². The van der Waals surface area contributed by atoms with Crippen molar-refractivity contribution in [3.05, 3.63) is 47.8 Å². The van der Waals surface area contributed by atoms with Gasteiger partial charge in [-0.15, -0.1) is 0 Å². The monoisotopic (exact) mass is 378 g/mol. The Morgan fingerprint density at radius 3 is 1.43 bits per heavy atom. The van der Waals surface area contributed by atoms with Gasteiger partial charge < -0.3 is 9.80 Å². The molecule has 0 spiro atoms. The van der Waals surface area contributed by atoms with E-state index in [0.717, 1.165) is 51.9 Å². The molecule has 2 saturated heterocycles. The Morgan fingerprint density at radius 1 is 0.643 bits per heavy atom.